The maximum atomic E-state index is 13.5. The quantitative estimate of drug-likeness (QED) is 0.135. The van der Waals surface area contributed by atoms with E-state index in [1.807, 2.05) is 51.1 Å². The number of sulfone groups is 1. The van der Waals surface area contributed by atoms with Crippen molar-refractivity contribution < 1.29 is 28.5 Å². The molecule has 4 aromatic carbocycles. The van der Waals surface area contributed by atoms with Gasteiger partial charge in [-0.05, 0) is 77.3 Å². The van der Waals surface area contributed by atoms with Gasteiger partial charge in [0.15, 0.2) is 11.5 Å². The van der Waals surface area contributed by atoms with E-state index in [1.165, 1.54) is 30.3 Å². The summed E-state index contributed by atoms with van der Waals surface area (Å²) in [5.41, 5.74) is 2.75. The van der Waals surface area contributed by atoms with E-state index in [4.69, 9.17) is 0 Å². The van der Waals surface area contributed by atoms with Crippen molar-refractivity contribution in [2.75, 3.05) is 5.32 Å². The van der Waals surface area contributed by atoms with Gasteiger partial charge in [-0.15, -0.1) is 0 Å². The molecule has 4 aromatic rings. The number of phenols is 3. The largest absolute Gasteiger partial charge is 0.504 e. The average Bonchev–Trinajstić information content (AvgIpc) is 2.98. The number of aryl methyl sites for hydroxylation is 1. The molecule has 0 aromatic heterocycles. The number of hydrogen-bond acceptors (Lipinski definition) is 6. The Labute approximate surface area is 260 Å². The van der Waals surface area contributed by atoms with E-state index in [0.29, 0.717) is 22.7 Å². The van der Waals surface area contributed by atoms with Crippen molar-refractivity contribution in [1.82, 2.24) is 0 Å². The van der Waals surface area contributed by atoms with Crippen LogP contribution in [0.25, 0.3) is 0 Å². The summed E-state index contributed by atoms with van der Waals surface area (Å²) < 4.78 is 27.0. The lowest BCUT2D eigenvalue weighted by atomic mass is 9.87. The Morgan fingerprint density at radius 2 is 1.41 bits per heavy atom. The molecule has 4 rings (SSSR count). The zero-order valence-electron chi connectivity index (χ0n) is 25.9. The van der Waals surface area contributed by atoms with Crippen LogP contribution in [0.5, 0.6) is 17.2 Å². The first-order valence-corrected chi connectivity index (χ1v) is 16.3. The van der Waals surface area contributed by atoms with Gasteiger partial charge in [0.2, 0.25) is 15.6 Å². The van der Waals surface area contributed by atoms with E-state index in [-0.39, 0.29) is 27.2 Å². The molecule has 1 amide bonds. The van der Waals surface area contributed by atoms with Crippen molar-refractivity contribution in [3.8, 4) is 17.2 Å². The molecule has 232 valence electrons. The normalized spacial score (nSPS) is 12.0. The minimum atomic E-state index is -3.83. The van der Waals surface area contributed by atoms with E-state index >= 15 is 0 Å². The van der Waals surface area contributed by atoms with Gasteiger partial charge < -0.3 is 20.6 Å². The number of hydrogen-bond donors (Lipinski definition) is 4. The van der Waals surface area contributed by atoms with E-state index in [1.54, 1.807) is 18.2 Å². The number of amides is 1. The average molecular weight is 616 g/mol. The fourth-order valence-electron chi connectivity index (χ4n) is 5.25. The lowest BCUT2D eigenvalue weighted by Gasteiger charge is -2.22. The Hall–Kier alpha value is -4.30. The van der Waals surface area contributed by atoms with Gasteiger partial charge in [-0.25, -0.2) is 8.42 Å². The number of phenolic OH excluding ortho intramolecular Hbond substituents is 3. The highest BCUT2D eigenvalue weighted by molar-refractivity contribution is 7.91. The highest BCUT2D eigenvalue weighted by Gasteiger charge is 2.27. The minimum absolute atomic E-state index is 0.0756. The summed E-state index contributed by atoms with van der Waals surface area (Å²) in [6.07, 6.45) is 3.21. The molecule has 0 saturated carbocycles. The summed E-state index contributed by atoms with van der Waals surface area (Å²) in [5.74, 6) is -2.14. The van der Waals surface area contributed by atoms with E-state index in [9.17, 15) is 28.5 Å². The van der Waals surface area contributed by atoms with Crippen LogP contribution in [0, 0.1) is 5.92 Å². The number of nitrogens with one attached hydrogen (secondary N) is 1. The van der Waals surface area contributed by atoms with Crippen molar-refractivity contribution in [2.45, 2.75) is 75.5 Å². The Morgan fingerprint density at radius 3 is 2.05 bits per heavy atom. The predicted molar refractivity (Wildman–Crippen MR) is 173 cm³/mol. The third-order valence-electron chi connectivity index (χ3n) is 7.71. The fourth-order valence-corrected chi connectivity index (χ4v) is 6.92. The molecule has 0 aliphatic rings. The second kappa shape index (κ2) is 13.1. The van der Waals surface area contributed by atoms with Crippen molar-refractivity contribution in [3.05, 3.63) is 107 Å². The Morgan fingerprint density at radius 1 is 0.795 bits per heavy atom. The van der Waals surface area contributed by atoms with Crippen LogP contribution in [0.15, 0.2) is 88.7 Å². The van der Waals surface area contributed by atoms with Crippen LogP contribution < -0.4 is 5.32 Å². The highest BCUT2D eigenvalue weighted by Crippen LogP contribution is 2.42. The summed E-state index contributed by atoms with van der Waals surface area (Å²) in [5, 5.41) is 34.4. The van der Waals surface area contributed by atoms with Crippen LogP contribution >= 0.6 is 0 Å². The molecule has 0 aliphatic carbocycles. The van der Waals surface area contributed by atoms with Gasteiger partial charge in [-0.3, -0.25) is 4.79 Å². The Bertz CT molecular complexity index is 1750. The number of anilines is 1. The highest BCUT2D eigenvalue weighted by atomic mass is 32.2. The molecule has 0 bridgehead atoms. The van der Waals surface area contributed by atoms with Crippen molar-refractivity contribution in [2.24, 2.45) is 5.92 Å². The fraction of sp³-hybridized carbons (Fsp3) is 0.306. The number of aromatic hydroxyl groups is 3. The topological polar surface area (TPSA) is 124 Å². The molecular formula is C36H41NO6S. The molecule has 0 aliphatic heterocycles. The van der Waals surface area contributed by atoms with Crippen molar-refractivity contribution in [1.29, 1.82) is 0 Å². The molecule has 7 nitrogen and oxygen atoms in total. The molecule has 0 radical (unpaired) electrons. The van der Waals surface area contributed by atoms with Crippen LogP contribution in [0.3, 0.4) is 0 Å². The molecule has 0 spiro atoms. The van der Waals surface area contributed by atoms with E-state index in [2.05, 4.69) is 19.2 Å². The Kier molecular flexibility index (Phi) is 9.74. The van der Waals surface area contributed by atoms with Gasteiger partial charge in [0.25, 0.3) is 5.91 Å². The van der Waals surface area contributed by atoms with Crippen LogP contribution in [0.4, 0.5) is 5.69 Å². The SMILES string of the molecule is CC(C)CCCc1ccccc1Cc1cc(C(=O)Nc2ccc(S(=O)(=O)c3ccccc3C(C)(C)C)cc2)c(O)c(O)c1O. The first kappa shape index (κ1) is 32.6. The standard InChI is InChI=1S/C36H41NO6S/c1-23(2)11-10-14-24-12-6-7-13-25(24)21-26-22-29(33(39)34(40)32(26)38)35(41)37-27-17-19-28(20-18-27)44(42,43)31-16-9-8-15-30(31)36(3,4)5/h6-9,12-13,15-20,22-23,38-40H,10-11,14,21H2,1-5H3,(H,37,41). The predicted octanol–water partition coefficient (Wildman–Crippen LogP) is 7.76. The smallest absolute Gasteiger partial charge is 0.259 e. The van der Waals surface area contributed by atoms with Gasteiger partial charge >= 0.3 is 0 Å². The summed E-state index contributed by atoms with van der Waals surface area (Å²) in [6, 6.07) is 21.9. The lowest BCUT2D eigenvalue weighted by Crippen LogP contribution is -2.17. The van der Waals surface area contributed by atoms with E-state index in [0.717, 1.165) is 30.4 Å². The third kappa shape index (κ3) is 7.25. The van der Waals surface area contributed by atoms with Gasteiger partial charge in [-0.1, -0.05) is 83.5 Å². The first-order chi connectivity index (χ1) is 20.7. The van der Waals surface area contributed by atoms with Gasteiger partial charge in [0, 0.05) is 17.7 Å². The van der Waals surface area contributed by atoms with Crippen LogP contribution in [0.2, 0.25) is 0 Å². The van der Waals surface area contributed by atoms with Gasteiger partial charge in [-0.2, -0.15) is 0 Å². The molecule has 0 saturated heterocycles. The van der Waals surface area contributed by atoms with Crippen LogP contribution in [0.1, 0.15) is 80.1 Å². The number of rotatable bonds is 10. The first-order valence-electron chi connectivity index (χ1n) is 14.8. The molecule has 0 unspecified atom stereocenters. The number of benzene rings is 4. The number of carbonyl (C=O) groups is 1. The summed E-state index contributed by atoms with van der Waals surface area (Å²) in [6.45, 7) is 10.2. The summed E-state index contributed by atoms with van der Waals surface area (Å²) in [4.78, 5) is 13.6. The molecule has 4 N–H and O–H groups in total. The van der Waals surface area contributed by atoms with Crippen molar-refractivity contribution >= 4 is 21.4 Å². The molecular weight excluding hydrogens is 574 g/mol. The molecule has 8 heteroatoms. The van der Waals surface area contributed by atoms with Crippen LogP contribution in [-0.2, 0) is 28.1 Å². The van der Waals surface area contributed by atoms with Crippen molar-refractivity contribution in [3.63, 3.8) is 0 Å². The van der Waals surface area contributed by atoms with Gasteiger partial charge in [0.05, 0.1) is 15.4 Å². The summed E-state index contributed by atoms with van der Waals surface area (Å²) in [7, 11) is -3.83. The monoisotopic (exact) mass is 615 g/mol. The lowest BCUT2D eigenvalue weighted by molar-refractivity contribution is 0.102. The maximum Gasteiger partial charge on any atom is 0.259 e. The van der Waals surface area contributed by atoms with Crippen LogP contribution in [-0.4, -0.2) is 29.6 Å². The number of carbonyl (C=O) groups excluding carboxylic acids is 1. The molecule has 0 heterocycles. The summed E-state index contributed by atoms with van der Waals surface area (Å²) >= 11 is 0. The Balaban J connectivity index is 1.57. The molecule has 0 atom stereocenters. The maximum absolute atomic E-state index is 13.5. The zero-order chi connectivity index (χ0) is 32.2. The van der Waals surface area contributed by atoms with Gasteiger partial charge in [0.1, 0.15) is 0 Å². The third-order valence-corrected chi connectivity index (χ3v) is 9.53. The zero-order valence-corrected chi connectivity index (χ0v) is 26.7. The van der Waals surface area contributed by atoms with E-state index < -0.39 is 33.0 Å². The molecule has 0 fully saturated rings. The minimum Gasteiger partial charge on any atom is -0.504 e. The second-order valence-electron chi connectivity index (χ2n) is 12.6. The second-order valence-corrected chi connectivity index (χ2v) is 14.5. The molecule has 44 heavy (non-hydrogen) atoms.